The van der Waals surface area contributed by atoms with Crippen molar-refractivity contribution >= 4 is 33.5 Å². The van der Waals surface area contributed by atoms with E-state index in [1.165, 1.54) is 5.56 Å². The van der Waals surface area contributed by atoms with E-state index in [2.05, 4.69) is 74.4 Å². The molecule has 2 aliphatic heterocycles. The van der Waals surface area contributed by atoms with Gasteiger partial charge in [-0.05, 0) is 55.5 Å². The summed E-state index contributed by atoms with van der Waals surface area (Å²) in [5.41, 5.74) is 8.43. The van der Waals surface area contributed by atoms with Gasteiger partial charge in [0.25, 0.3) is 0 Å². The number of aryl methyl sites for hydroxylation is 2. The van der Waals surface area contributed by atoms with Crippen molar-refractivity contribution in [3.8, 4) is 11.3 Å². The fraction of sp³-hybridized carbons (Fsp3) is 0.394. The second-order valence-corrected chi connectivity index (χ2v) is 11.6. The first-order valence-electron chi connectivity index (χ1n) is 15.1. The molecule has 43 heavy (non-hydrogen) atoms. The fourth-order valence-corrected chi connectivity index (χ4v) is 7.01. The molecule has 5 heterocycles. The number of carbonyl (C=O) groups is 1. The van der Waals surface area contributed by atoms with Gasteiger partial charge in [0.1, 0.15) is 6.61 Å². The van der Waals surface area contributed by atoms with E-state index >= 15 is 0 Å². The Labute approximate surface area is 250 Å². The van der Waals surface area contributed by atoms with Crippen LogP contribution in [0.4, 0.5) is 5.69 Å². The fourth-order valence-electron chi connectivity index (χ4n) is 7.01. The number of aromatic nitrogens is 5. The van der Waals surface area contributed by atoms with Crippen molar-refractivity contribution in [1.82, 2.24) is 29.4 Å². The lowest BCUT2D eigenvalue weighted by atomic mass is 9.86. The Kier molecular flexibility index (Phi) is 7.32. The van der Waals surface area contributed by atoms with Crippen molar-refractivity contribution in [2.24, 2.45) is 13.0 Å². The third-order valence-corrected chi connectivity index (χ3v) is 9.16. The molecule has 0 unspecified atom stereocenters. The first-order valence-corrected chi connectivity index (χ1v) is 15.1. The van der Waals surface area contributed by atoms with E-state index < -0.39 is 6.61 Å². The maximum Gasteiger partial charge on any atom is 0.248 e. The highest BCUT2D eigenvalue weighted by Crippen LogP contribution is 2.42. The number of aliphatic hydroxyl groups is 1. The predicted molar refractivity (Wildman–Crippen MR) is 166 cm³/mol. The van der Waals surface area contributed by atoms with Gasteiger partial charge in [0.2, 0.25) is 5.91 Å². The number of fused-ring (bicyclic) bond motifs is 3. The second-order valence-electron chi connectivity index (χ2n) is 11.6. The molecule has 3 aromatic heterocycles. The van der Waals surface area contributed by atoms with Gasteiger partial charge in [0.15, 0.2) is 0 Å². The molecule has 222 valence electrons. The van der Waals surface area contributed by atoms with Gasteiger partial charge in [-0.3, -0.25) is 9.78 Å². The van der Waals surface area contributed by atoms with Crippen LogP contribution < -0.4 is 4.90 Å². The van der Waals surface area contributed by atoms with E-state index in [1.54, 1.807) is 4.90 Å². The number of hydrogen-bond donors (Lipinski definition) is 1. The van der Waals surface area contributed by atoms with Crippen molar-refractivity contribution in [2.45, 2.75) is 25.8 Å². The number of piperazine rings is 1. The van der Waals surface area contributed by atoms with Crippen LogP contribution in [0.3, 0.4) is 0 Å². The molecule has 1 amide bonds. The van der Waals surface area contributed by atoms with Gasteiger partial charge in [-0.15, -0.1) is 5.10 Å². The average molecular weight is 580 g/mol. The van der Waals surface area contributed by atoms with Crippen LogP contribution in [0.2, 0.25) is 0 Å². The van der Waals surface area contributed by atoms with Crippen LogP contribution in [0.5, 0.6) is 0 Å². The summed E-state index contributed by atoms with van der Waals surface area (Å²) in [6.07, 6.45) is 3.93. The number of ether oxygens (including phenoxy) is 1. The molecule has 10 heteroatoms. The summed E-state index contributed by atoms with van der Waals surface area (Å²) in [5, 5.41) is 19.0. The summed E-state index contributed by atoms with van der Waals surface area (Å²) < 4.78 is 10.1. The van der Waals surface area contributed by atoms with Gasteiger partial charge in [0.05, 0.1) is 34.0 Å². The third kappa shape index (κ3) is 4.94. The smallest absolute Gasteiger partial charge is 0.248 e. The Morgan fingerprint density at radius 2 is 1.79 bits per heavy atom. The summed E-state index contributed by atoms with van der Waals surface area (Å²) in [4.78, 5) is 21.2. The predicted octanol–water partition coefficient (Wildman–Crippen LogP) is 3.95. The largest absolute Gasteiger partial charge is 0.387 e. The quantitative estimate of drug-likeness (QED) is 0.325. The van der Waals surface area contributed by atoms with E-state index in [1.807, 2.05) is 24.9 Å². The first kappa shape index (κ1) is 27.5. The van der Waals surface area contributed by atoms with E-state index in [9.17, 15) is 9.90 Å². The minimum absolute atomic E-state index is 0.117. The SMILES string of the molecule is Cc1nnn(C)c1-c1cnc2c3cc(N4CCN(C(=O)CO)CC4)ccc3n([C@H](c3ccccc3)C3CCOCC3)c2c1. The number of nitrogens with zero attached hydrogens (tertiary/aromatic N) is 7. The minimum atomic E-state index is -0.441. The molecule has 0 saturated carbocycles. The number of aliphatic hydroxyl groups excluding tert-OH is 1. The monoisotopic (exact) mass is 579 g/mol. The molecular weight excluding hydrogens is 542 g/mol. The van der Waals surface area contributed by atoms with Crippen LogP contribution in [0.15, 0.2) is 60.8 Å². The number of anilines is 1. The number of hydrogen-bond acceptors (Lipinski definition) is 7. The molecule has 0 bridgehead atoms. The Hall–Kier alpha value is -4.28. The summed E-state index contributed by atoms with van der Waals surface area (Å²) in [7, 11) is 1.92. The van der Waals surface area contributed by atoms with Crippen LogP contribution >= 0.6 is 0 Å². The molecule has 10 nitrogen and oxygen atoms in total. The van der Waals surface area contributed by atoms with Gasteiger partial charge in [-0.25, -0.2) is 4.68 Å². The molecular formula is C33H37N7O3. The maximum atomic E-state index is 12.0. The molecule has 1 atom stereocenters. The minimum Gasteiger partial charge on any atom is -0.387 e. The lowest BCUT2D eigenvalue weighted by Crippen LogP contribution is -2.49. The standard InChI is InChI=1S/C33H37N7O3/c1-22-32(37(2)36-35-22)25-18-29-31(34-20-25)27-19-26(38-12-14-39(15-13-38)30(42)21-41)8-9-28(27)40(29)33(23-6-4-3-5-7-23)24-10-16-43-17-11-24/h3-9,18-20,24,33,41H,10-17,21H2,1-2H3/t33-/m1/s1. The Morgan fingerprint density at radius 3 is 2.49 bits per heavy atom. The summed E-state index contributed by atoms with van der Waals surface area (Å²) in [6, 6.07) is 19.9. The summed E-state index contributed by atoms with van der Waals surface area (Å²) >= 11 is 0. The molecule has 5 aromatic rings. The van der Waals surface area contributed by atoms with Gasteiger partial charge in [0, 0.05) is 69.3 Å². The van der Waals surface area contributed by atoms with Crippen LogP contribution in [-0.4, -0.2) is 86.5 Å². The second kappa shape index (κ2) is 11.4. The molecule has 0 aliphatic carbocycles. The van der Waals surface area contributed by atoms with Crippen molar-refractivity contribution in [1.29, 1.82) is 0 Å². The van der Waals surface area contributed by atoms with Gasteiger partial charge in [-0.1, -0.05) is 35.5 Å². The zero-order chi connectivity index (χ0) is 29.5. The van der Waals surface area contributed by atoms with Crippen LogP contribution in [0.25, 0.3) is 33.2 Å². The number of carbonyl (C=O) groups excluding carboxylic acids is 1. The van der Waals surface area contributed by atoms with Crippen LogP contribution in [0, 0.1) is 12.8 Å². The third-order valence-electron chi connectivity index (χ3n) is 9.16. The lowest BCUT2D eigenvalue weighted by molar-refractivity contribution is -0.134. The highest BCUT2D eigenvalue weighted by atomic mass is 16.5. The molecule has 7 rings (SSSR count). The molecule has 0 radical (unpaired) electrons. The topological polar surface area (TPSA) is 102 Å². The average Bonchev–Trinajstić information content (AvgIpc) is 3.56. The zero-order valence-electron chi connectivity index (χ0n) is 24.7. The highest BCUT2D eigenvalue weighted by Gasteiger charge is 2.31. The molecule has 2 aromatic carbocycles. The van der Waals surface area contributed by atoms with E-state index in [0.717, 1.165) is 83.7 Å². The number of amides is 1. The van der Waals surface area contributed by atoms with Crippen molar-refractivity contribution in [3.63, 3.8) is 0 Å². The van der Waals surface area contributed by atoms with Gasteiger partial charge in [-0.2, -0.15) is 0 Å². The van der Waals surface area contributed by atoms with E-state index in [-0.39, 0.29) is 11.9 Å². The highest BCUT2D eigenvalue weighted by molar-refractivity contribution is 6.08. The van der Waals surface area contributed by atoms with Crippen LogP contribution in [-0.2, 0) is 16.6 Å². The van der Waals surface area contributed by atoms with Gasteiger partial charge < -0.3 is 24.2 Å². The molecule has 2 saturated heterocycles. The van der Waals surface area contributed by atoms with E-state index in [0.29, 0.717) is 19.0 Å². The summed E-state index contributed by atoms with van der Waals surface area (Å²) in [6.45, 7) is 5.70. The maximum absolute atomic E-state index is 12.0. The molecule has 2 fully saturated rings. The number of benzene rings is 2. The zero-order valence-corrected chi connectivity index (χ0v) is 24.7. The van der Waals surface area contributed by atoms with Crippen molar-refractivity contribution < 1.29 is 14.6 Å². The first-order chi connectivity index (χ1) is 21.0. The molecule has 1 N–H and O–H groups in total. The van der Waals surface area contributed by atoms with Crippen molar-refractivity contribution in [3.05, 3.63) is 72.1 Å². The Bertz CT molecular complexity index is 1750. The van der Waals surface area contributed by atoms with Gasteiger partial charge >= 0.3 is 0 Å². The van der Waals surface area contributed by atoms with Crippen molar-refractivity contribution in [2.75, 3.05) is 50.9 Å². The van der Waals surface area contributed by atoms with E-state index in [4.69, 9.17) is 9.72 Å². The molecule has 2 aliphatic rings. The van der Waals surface area contributed by atoms with Crippen LogP contribution in [0.1, 0.15) is 30.1 Å². The number of rotatable bonds is 6. The molecule has 0 spiro atoms. The summed E-state index contributed by atoms with van der Waals surface area (Å²) in [5.74, 6) is 0.202. The normalized spacial score (nSPS) is 17.2. The Balaban J connectivity index is 1.41. The number of pyridine rings is 1. The lowest BCUT2D eigenvalue weighted by Gasteiger charge is -2.36. The Morgan fingerprint density at radius 1 is 1.02 bits per heavy atom.